The molecule has 2 nitrogen and oxygen atoms in total. The lowest BCUT2D eigenvalue weighted by molar-refractivity contribution is 0.563. The van der Waals surface area contributed by atoms with E-state index in [0.717, 1.165) is 20.6 Å². The van der Waals surface area contributed by atoms with Crippen LogP contribution >= 0.6 is 54.7 Å². The molecule has 0 bridgehead atoms. The molecule has 0 aliphatic rings. The van der Waals surface area contributed by atoms with Gasteiger partial charge in [0.15, 0.2) is 0 Å². The minimum Gasteiger partial charge on any atom is -0.192 e. The van der Waals surface area contributed by atoms with Crippen LogP contribution in [-0.4, -0.2) is 15.9 Å². The Balaban J connectivity index is 2.00. The molecule has 0 aliphatic carbocycles. The zero-order valence-corrected chi connectivity index (χ0v) is 26.6. The van der Waals surface area contributed by atoms with Crippen molar-refractivity contribution in [3.05, 3.63) is 5.56 Å². The van der Waals surface area contributed by atoms with Crippen LogP contribution < -0.4 is 0 Å². The number of aromatic nitrogens is 1. The van der Waals surface area contributed by atoms with Gasteiger partial charge in [0.1, 0.15) is 20.9 Å². The van der Waals surface area contributed by atoms with E-state index >= 15 is 0 Å². The second kappa shape index (κ2) is 26.1. The van der Waals surface area contributed by atoms with Gasteiger partial charge in [0.2, 0.25) is 0 Å². The van der Waals surface area contributed by atoms with Crippen molar-refractivity contribution in [3.8, 4) is 6.07 Å². The fourth-order valence-electron chi connectivity index (χ4n) is 3.96. The third kappa shape index (κ3) is 19.3. The molecule has 0 amide bonds. The molecule has 0 saturated carbocycles. The first kappa shape index (κ1) is 33.5. The molecule has 0 aromatic carbocycles. The average molecular weight is 575 g/mol. The number of hydrogen-bond acceptors (Lipinski definition) is 7. The maximum absolute atomic E-state index is 9.64. The number of unbranched alkanes of at least 4 members (excludes halogenated alkanes) is 18. The number of nitriles is 1. The molecule has 1 heterocycles. The van der Waals surface area contributed by atoms with Crippen LogP contribution in [0, 0.1) is 11.3 Å². The largest absolute Gasteiger partial charge is 0.192 e. The second-order valence-corrected chi connectivity index (χ2v) is 15.3. The normalized spacial score (nSPS) is 11.2. The van der Waals surface area contributed by atoms with Gasteiger partial charge < -0.3 is 0 Å². The molecule has 0 fully saturated rings. The Labute approximate surface area is 237 Å². The predicted octanol–water partition coefficient (Wildman–Crippen LogP) is 12.3. The summed E-state index contributed by atoms with van der Waals surface area (Å²) in [5, 5.41) is 10.6. The van der Waals surface area contributed by atoms with Crippen molar-refractivity contribution in [1.29, 1.82) is 5.26 Å². The molecule has 0 atom stereocenters. The maximum Gasteiger partial charge on any atom is 0.139 e. The SMILES string of the molecule is CCCCCCCCCCCCSSc1nsc(SSCCCCCCCCCCCC)c1C#N. The van der Waals surface area contributed by atoms with E-state index in [-0.39, 0.29) is 0 Å². The fourth-order valence-corrected chi connectivity index (χ4v) is 9.88. The highest BCUT2D eigenvalue weighted by atomic mass is 33.1. The standard InChI is InChI=1S/C28H50N2S5/c1-3-5-7-9-11-13-15-17-19-21-23-31-34-27-26(25-29)28(33-30-27)35-32-24-22-20-18-16-14-12-10-8-6-4-2/h3-24H2,1-2H3. The molecule has 0 aliphatic heterocycles. The zero-order chi connectivity index (χ0) is 25.2. The van der Waals surface area contributed by atoms with Gasteiger partial charge in [-0.15, -0.1) is 0 Å². The molecule has 1 aromatic heterocycles. The quantitative estimate of drug-likeness (QED) is 0.0809. The molecule has 7 heteroatoms. The van der Waals surface area contributed by atoms with E-state index in [9.17, 15) is 5.26 Å². The molecule has 0 saturated heterocycles. The van der Waals surface area contributed by atoms with Gasteiger partial charge in [-0.3, -0.25) is 0 Å². The van der Waals surface area contributed by atoms with Crippen LogP contribution in [0.15, 0.2) is 9.24 Å². The maximum atomic E-state index is 9.64. The topological polar surface area (TPSA) is 36.7 Å². The first-order valence-electron chi connectivity index (χ1n) is 14.3. The molecular formula is C28H50N2S5. The van der Waals surface area contributed by atoms with Crippen molar-refractivity contribution in [3.63, 3.8) is 0 Å². The third-order valence-corrected chi connectivity index (χ3v) is 12.4. The van der Waals surface area contributed by atoms with E-state index in [4.69, 9.17) is 0 Å². The molecule has 202 valence electrons. The first-order chi connectivity index (χ1) is 17.3. The summed E-state index contributed by atoms with van der Waals surface area (Å²) in [6, 6.07) is 2.41. The monoisotopic (exact) mass is 574 g/mol. The van der Waals surface area contributed by atoms with Crippen LogP contribution in [0.4, 0.5) is 0 Å². The van der Waals surface area contributed by atoms with Gasteiger partial charge in [-0.1, -0.05) is 151 Å². The van der Waals surface area contributed by atoms with Gasteiger partial charge in [0.25, 0.3) is 0 Å². The second-order valence-electron chi connectivity index (χ2n) is 9.44. The third-order valence-electron chi connectivity index (χ3n) is 6.18. The van der Waals surface area contributed by atoms with Gasteiger partial charge in [0.05, 0.1) is 0 Å². The van der Waals surface area contributed by atoms with E-state index in [1.54, 1.807) is 21.6 Å². The van der Waals surface area contributed by atoms with E-state index in [0.29, 0.717) is 0 Å². The Bertz CT molecular complexity index is 584. The Morgan fingerprint density at radius 3 is 1.43 bits per heavy atom. The summed E-state index contributed by atoms with van der Waals surface area (Å²) in [5.74, 6) is 2.32. The van der Waals surface area contributed by atoms with Gasteiger partial charge in [-0.25, -0.2) is 0 Å². The van der Waals surface area contributed by atoms with Crippen molar-refractivity contribution in [2.75, 3.05) is 11.5 Å². The van der Waals surface area contributed by atoms with Crippen LogP contribution in [0.3, 0.4) is 0 Å². The van der Waals surface area contributed by atoms with Crippen LogP contribution in [-0.2, 0) is 0 Å². The first-order valence-corrected chi connectivity index (χ1v) is 19.7. The number of hydrogen-bond donors (Lipinski definition) is 0. The van der Waals surface area contributed by atoms with Crippen molar-refractivity contribution >= 4 is 54.7 Å². The lowest BCUT2D eigenvalue weighted by atomic mass is 10.1. The minimum absolute atomic E-state index is 0.802. The van der Waals surface area contributed by atoms with Gasteiger partial charge in [0, 0.05) is 11.5 Å². The van der Waals surface area contributed by atoms with Crippen molar-refractivity contribution in [2.24, 2.45) is 0 Å². The van der Waals surface area contributed by atoms with E-state index < -0.39 is 0 Å². The fraction of sp³-hybridized carbons (Fsp3) is 0.857. The summed E-state index contributed by atoms with van der Waals surface area (Å²) in [5.41, 5.74) is 0.802. The molecule has 0 radical (unpaired) electrons. The van der Waals surface area contributed by atoms with E-state index in [2.05, 4.69) is 24.3 Å². The molecular weight excluding hydrogens is 525 g/mol. The highest BCUT2D eigenvalue weighted by Gasteiger charge is 2.15. The summed E-state index contributed by atoms with van der Waals surface area (Å²) in [6.07, 6.45) is 27.6. The zero-order valence-electron chi connectivity index (χ0n) is 22.5. The Morgan fingerprint density at radius 2 is 1.00 bits per heavy atom. The summed E-state index contributed by atoms with van der Waals surface area (Å²) >= 11 is 1.50. The summed E-state index contributed by atoms with van der Waals surface area (Å²) in [4.78, 5) is 0. The molecule has 35 heavy (non-hydrogen) atoms. The summed E-state index contributed by atoms with van der Waals surface area (Å²) < 4.78 is 5.67. The predicted molar refractivity (Wildman–Crippen MR) is 167 cm³/mol. The Morgan fingerprint density at radius 1 is 0.600 bits per heavy atom. The minimum atomic E-state index is 0.802. The van der Waals surface area contributed by atoms with Gasteiger partial charge >= 0.3 is 0 Å². The lowest BCUT2D eigenvalue weighted by Crippen LogP contribution is -1.83. The summed E-state index contributed by atoms with van der Waals surface area (Å²) in [7, 11) is 7.22. The lowest BCUT2D eigenvalue weighted by Gasteiger charge is -2.03. The highest BCUT2D eigenvalue weighted by molar-refractivity contribution is 8.77. The Hall–Kier alpha value is 0.520. The average Bonchev–Trinajstić information content (AvgIpc) is 3.26. The molecule has 1 aromatic rings. The van der Waals surface area contributed by atoms with Crippen LogP contribution in [0.5, 0.6) is 0 Å². The van der Waals surface area contributed by atoms with Gasteiger partial charge in [-0.05, 0) is 46.0 Å². The molecule has 0 N–H and O–H groups in total. The molecule has 0 spiro atoms. The van der Waals surface area contributed by atoms with Crippen molar-refractivity contribution in [2.45, 2.75) is 151 Å². The highest BCUT2D eigenvalue weighted by Crippen LogP contribution is 2.43. The summed E-state index contributed by atoms with van der Waals surface area (Å²) in [6.45, 7) is 4.56. The van der Waals surface area contributed by atoms with Crippen molar-refractivity contribution in [1.82, 2.24) is 4.37 Å². The smallest absolute Gasteiger partial charge is 0.139 e. The molecule has 0 unspecified atom stereocenters. The van der Waals surface area contributed by atoms with Crippen molar-refractivity contribution < 1.29 is 0 Å². The number of nitrogens with zero attached hydrogens (tertiary/aromatic N) is 2. The van der Waals surface area contributed by atoms with Crippen LogP contribution in [0.1, 0.15) is 148 Å². The van der Waals surface area contributed by atoms with Gasteiger partial charge in [-0.2, -0.15) is 9.64 Å². The van der Waals surface area contributed by atoms with Crippen LogP contribution in [0.25, 0.3) is 0 Å². The van der Waals surface area contributed by atoms with Crippen LogP contribution in [0.2, 0.25) is 0 Å². The van der Waals surface area contributed by atoms with E-state index in [1.807, 2.05) is 21.6 Å². The Kier molecular flexibility index (Phi) is 25.1. The van der Waals surface area contributed by atoms with E-state index in [1.165, 1.54) is 146 Å². The molecule has 1 rings (SSSR count). The number of rotatable bonds is 26.